The van der Waals surface area contributed by atoms with E-state index in [0.29, 0.717) is 5.92 Å². The first-order chi connectivity index (χ1) is 13.2. The second-order valence-electron chi connectivity index (χ2n) is 7.15. The Morgan fingerprint density at radius 2 is 2.00 bits per heavy atom. The lowest BCUT2D eigenvalue weighted by Crippen LogP contribution is -2.34. The summed E-state index contributed by atoms with van der Waals surface area (Å²) < 4.78 is 12.7. The standard InChI is InChI=1S/C21H26N4O2/c1-24-21-17(7-4-10-22-21)20(23-24)16-6-5-11-25(14-16)13-15-8-9-18(26-2)19(12-15)27-3/h4,7-10,12,16H,5-6,11,13-14H2,1-3H3/t16-/m1/s1. The van der Waals surface area contributed by atoms with Crippen molar-refractivity contribution in [2.24, 2.45) is 7.05 Å². The fourth-order valence-corrected chi connectivity index (χ4v) is 4.08. The van der Waals surface area contributed by atoms with E-state index in [4.69, 9.17) is 14.6 Å². The first kappa shape index (κ1) is 17.8. The van der Waals surface area contributed by atoms with E-state index >= 15 is 0 Å². The summed E-state index contributed by atoms with van der Waals surface area (Å²) in [5.74, 6) is 1.99. The lowest BCUT2D eigenvalue weighted by atomic mass is 9.93. The molecular formula is C21H26N4O2. The van der Waals surface area contributed by atoms with Crippen LogP contribution in [0.1, 0.15) is 30.0 Å². The van der Waals surface area contributed by atoms with Crippen molar-refractivity contribution in [1.29, 1.82) is 0 Å². The Kier molecular flexibility index (Phi) is 4.99. The smallest absolute Gasteiger partial charge is 0.161 e. The topological polar surface area (TPSA) is 52.4 Å². The Hall–Kier alpha value is -2.60. The summed E-state index contributed by atoms with van der Waals surface area (Å²) in [6.07, 6.45) is 4.18. The normalized spacial score (nSPS) is 18.0. The Morgan fingerprint density at radius 3 is 2.81 bits per heavy atom. The van der Waals surface area contributed by atoms with Crippen LogP contribution in [0.4, 0.5) is 0 Å². The van der Waals surface area contributed by atoms with Crippen LogP contribution in [0.5, 0.6) is 11.5 Å². The molecule has 1 saturated heterocycles. The summed E-state index contributed by atoms with van der Waals surface area (Å²) >= 11 is 0. The monoisotopic (exact) mass is 366 g/mol. The molecule has 1 aromatic carbocycles. The van der Waals surface area contributed by atoms with E-state index in [9.17, 15) is 0 Å². The second kappa shape index (κ2) is 7.56. The number of likely N-dealkylation sites (tertiary alicyclic amines) is 1. The van der Waals surface area contributed by atoms with Crippen LogP contribution in [-0.4, -0.2) is 47.0 Å². The zero-order valence-electron chi connectivity index (χ0n) is 16.2. The molecule has 2 aromatic heterocycles. The van der Waals surface area contributed by atoms with E-state index in [0.717, 1.165) is 36.8 Å². The number of benzene rings is 1. The Labute approximate surface area is 159 Å². The molecule has 6 nitrogen and oxygen atoms in total. The fourth-order valence-electron chi connectivity index (χ4n) is 4.08. The highest BCUT2D eigenvalue weighted by Crippen LogP contribution is 2.32. The van der Waals surface area contributed by atoms with Crippen molar-refractivity contribution in [2.45, 2.75) is 25.3 Å². The molecule has 0 radical (unpaired) electrons. The van der Waals surface area contributed by atoms with Crippen molar-refractivity contribution < 1.29 is 9.47 Å². The number of aromatic nitrogens is 3. The Bertz CT molecular complexity index is 937. The van der Waals surface area contributed by atoms with Crippen molar-refractivity contribution in [3.63, 3.8) is 0 Å². The highest BCUT2D eigenvalue weighted by Gasteiger charge is 2.26. The molecule has 0 spiro atoms. The van der Waals surface area contributed by atoms with Gasteiger partial charge in [-0.25, -0.2) is 4.98 Å². The number of ether oxygens (including phenoxy) is 2. The van der Waals surface area contributed by atoms with Gasteiger partial charge in [0.1, 0.15) is 0 Å². The number of hydrogen-bond donors (Lipinski definition) is 0. The highest BCUT2D eigenvalue weighted by atomic mass is 16.5. The number of nitrogens with zero attached hydrogens (tertiary/aromatic N) is 4. The van der Waals surface area contributed by atoms with Crippen molar-refractivity contribution >= 4 is 11.0 Å². The molecule has 0 aliphatic carbocycles. The quantitative estimate of drug-likeness (QED) is 0.693. The SMILES string of the molecule is COc1ccc(CN2CCC[C@@H](c3nn(C)c4ncccc34)C2)cc1OC. The van der Waals surface area contributed by atoms with Crippen molar-refractivity contribution in [2.75, 3.05) is 27.3 Å². The van der Waals surface area contributed by atoms with E-state index in [1.54, 1.807) is 14.2 Å². The molecule has 142 valence electrons. The number of methoxy groups -OCH3 is 2. The zero-order valence-corrected chi connectivity index (χ0v) is 16.2. The summed E-state index contributed by atoms with van der Waals surface area (Å²) in [5.41, 5.74) is 3.38. The predicted octanol–water partition coefficient (Wildman–Crippen LogP) is 3.37. The van der Waals surface area contributed by atoms with E-state index in [1.165, 1.54) is 29.5 Å². The molecule has 0 N–H and O–H groups in total. The number of piperidine rings is 1. The van der Waals surface area contributed by atoms with E-state index in [-0.39, 0.29) is 0 Å². The van der Waals surface area contributed by atoms with Gasteiger partial charge in [0, 0.05) is 37.6 Å². The third-order valence-electron chi connectivity index (χ3n) is 5.37. The van der Waals surface area contributed by atoms with Gasteiger partial charge in [-0.1, -0.05) is 6.07 Å². The van der Waals surface area contributed by atoms with Crippen LogP contribution in [0.25, 0.3) is 11.0 Å². The van der Waals surface area contributed by atoms with Crippen LogP contribution in [0.15, 0.2) is 36.5 Å². The maximum absolute atomic E-state index is 5.44. The molecule has 0 amide bonds. The molecule has 1 fully saturated rings. The van der Waals surface area contributed by atoms with E-state index in [2.05, 4.69) is 28.1 Å². The average Bonchev–Trinajstić information content (AvgIpc) is 3.05. The molecule has 1 atom stereocenters. The summed E-state index contributed by atoms with van der Waals surface area (Å²) in [6, 6.07) is 10.3. The highest BCUT2D eigenvalue weighted by molar-refractivity contribution is 5.78. The molecule has 27 heavy (non-hydrogen) atoms. The summed E-state index contributed by atoms with van der Waals surface area (Å²) in [4.78, 5) is 6.99. The minimum absolute atomic E-state index is 0.437. The molecule has 4 rings (SSSR count). The largest absolute Gasteiger partial charge is 0.493 e. The Morgan fingerprint density at radius 1 is 1.15 bits per heavy atom. The first-order valence-electron chi connectivity index (χ1n) is 9.40. The zero-order chi connectivity index (χ0) is 18.8. The molecule has 3 heterocycles. The second-order valence-corrected chi connectivity index (χ2v) is 7.15. The lowest BCUT2D eigenvalue weighted by Gasteiger charge is -2.32. The van der Waals surface area contributed by atoms with E-state index < -0.39 is 0 Å². The number of aryl methyl sites for hydroxylation is 1. The molecule has 1 aliphatic rings. The third kappa shape index (κ3) is 3.49. The van der Waals surface area contributed by atoms with Gasteiger partial charge in [-0.15, -0.1) is 0 Å². The van der Waals surface area contributed by atoms with Gasteiger partial charge in [0.2, 0.25) is 0 Å². The molecule has 0 bridgehead atoms. The van der Waals surface area contributed by atoms with Gasteiger partial charge in [-0.05, 0) is 49.2 Å². The van der Waals surface area contributed by atoms with Crippen LogP contribution in [0, 0.1) is 0 Å². The van der Waals surface area contributed by atoms with Crippen LogP contribution in [0.3, 0.4) is 0 Å². The summed E-state index contributed by atoms with van der Waals surface area (Å²) in [7, 11) is 5.32. The minimum atomic E-state index is 0.437. The average molecular weight is 366 g/mol. The maximum atomic E-state index is 5.44. The number of rotatable bonds is 5. The van der Waals surface area contributed by atoms with Gasteiger partial charge in [0.15, 0.2) is 17.1 Å². The maximum Gasteiger partial charge on any atom is 0.161 e. The van der Waals surface area contributed by atoms with E-state index in [1.807, 2.05) is 30.1 Å². The predicted molar refractivity (Wildman–Crippen MR) is 105 cm³/mol. The third-order valence-corrected chi connectivity index (χ3v) is 5.37. The summed E-state index contributed by atoms with van der Waals surface area (Å²) in [5, 5.41) is 5.97. The van der Waals surface area contributed by atoms with Crippen molar-refractivity contribution in [3.05, 3.63) is 47.8 Å². The Balaban J connectivity index is 1.53. The minimum Gasteiger partial charge on any atom is -0.493 e. The molecule has 6 heteroatoms. The molecule has 0 unspecified atom stereocenters. The summed E-state index contributed by atoms with van der Waals surface area (Å²) in [6.45, 7) is 3.02. The van der Waals surface area contributed by atoms with Gasteiger partial charge in [-0.3, -0.25) is 9.58 Å². The number of hydrogen-bond acceptors (Lipinski definition) is 5. The van der Waals surface area contributed by atoms with Gasteiger partial charge >= 0.3 is 0 Å². The van der Waals surface area contributed by atoms with Gasteiger partial charge in [0.25, 0.3) is 0 Å². The molecule has 0 saturated carbocycles. The fraction of sp³-hybridized carbons (Fsp3) is 0.429. The van der Waals surface area contributed by atoms with Crippen LogP contribution in [-0.2, 0) is 13.6 Å². The van der Waals surface area contributed by atoms with Crippen LogP contribution in [0.2, 0.25) is 0 Å². The molecule has 3 aromatic rings. The van der Waals surface area contributed by atoms with Gasteiger partial charge in [-0.2, -0.15) is 5.10 Å². The first-order valence-corrected chi connectivity index (χ1v) is 9.40. The van der Waals surface area contributed by atoms with Gasteiger partial charge < -0.3 is 9.47 Å². The lowest BCUT2D eigenvalue weighted by molar-refractivity contribution is 0.198. The molecule has 1 aliphatic heterocycles. The van der Waals surface area contributed by atoms with Gasteiger partial charge in [0.05, 0.1) is 19.9 Å². The number of fused-ring (bicyclic) bond motifs is 1. The number of pyridine rings is 1. The molecular weight excluding hydrogens is 340 g/mol. The van der Waals surface area contributed by atoms with Crippen LogP contribution >= 0.6 is 0 Å². The van der Waals surface area contributed by atoms with Crippen molar-refractivity contribution in [3.8, 4) is 11.5 Å². The van der Waals surface area contributed by atoms with Crippen LogP contribution < -0.4 is 9.47 Å². The van der Waals surface area contributed by atoms with Crippen molar-refractivity contribution in [1.82, 2.24) is 19.7 Å².